The maximum Gasteiger partial charge on any atom is 1.00 e. The van der Waals surface area contributed by atoms with Crippen LogP contribution in [0.25, 0.3) is 22.3 Å². The maximum atomic E-state index is 13.4. The molecule has 12 rings (SSSR count). The van der Waals surface area contributed by atoms with Crippen molar-refractivity contribution in [3.63, 3.8) is 0 Å². The van der Waals surface area contributed by atoms with E-state index in [9.17, 15) is 37.7 Å². The van der Waals surface area contributed by atoms with Gasteiger partial charge in [-0.25, -0.2) is 9.59 Å². The number of hydrogen-bond donors (Lipinski definition) is 0. The van der Waals surface area contributed by atoms with E-state index in [2.05, 4.69) is 224 Å². The number of benzene rings is 10. The Bertz CT molecular complexity index is 3300. The third-order valence-electron chi connectivity index (χ3n) is 13.4. The van der Waals surface area contributed by atoms with Gasteiger partial charge in [0.05, 0.1) is 21.8 Å². The summed E-state index contributed by atoms with van der Waals surface area (Å²) in [6.07, 6.45) is -0.667. The summed E-state index contributed by atoms with van der Waals surface area (Å²) in [5.74, 6) is -4.27. The Labute approximate surface area is 578 Å². The molecule has 0 spiro atoms. The third kappa shape index (κ3) is 20.8. The summed E-state index contributed by atoms with van der Waals surface area (Å²) in [5, 5.41) is 16.8. The van der Waals surface area contributed by atoms with Gasteiger partial charge in [-0.3, -0.25) is 10.1 Å². The number of esters is 2. The van der Waals surface area contributed by atoms with E-state index in [1.54, 1.807) is 0 Å². The molecule has 0 aliphatic heterocycles. The van der Waals surface area contributed by atoms with Gasteiger partial charge >= 0.3 is 52.0 Å². The first-order valence-electron chi connectivity index (χ1n) is 27.5. The topological polar surface area (TPSA) is 136 Å². The molecule has 0 saturated heterocycles. The Morgan fingerprint density at radius 2 is 0.565 bits per heavy atom. The second kappa shape index (κ2) is 38.1. The summed E-state index contributed by atoms with van der Waals surface area (Å²) in [5.41, 5.74) is 7.56. The van der Waals surface area contributed by atoms with Gasteiger partial charge in [0.15, 0.2) is 29.4 Å². The van der Waals surface area contributed by atoms with Gasteiger partial charge in [-0.2, -0.15) is 26.2 Å². The number of carbonyl (C=O) groups is 2. The smallest absolute Gasteiger partial charge is 1.00 e. The molecule has 0 atom stereocenters. The van der Waals surface area contributed by atoms with Gasteiger partial charge < -0.3 is 32.4 Å². The van der Waals surface area contributed by atoms with Crippen molar-refractivity contribution in [2.75, 3.05) is 13.2 Å². The van der Waals surface area contributed by atoms with E-state index in [4.69, 9.17) is 9.47 Å². The van der Waals surface area contributed by atoms with Crippen molar-refractivity contribution in [3.8, 4) is 22.3 Å². The van der Waals surface area contributed by atoms with Crippen molar-refractivity contribution in [2.45, 2.75) is 51.7 Å². The number of carbonyl (C=O) groups excluding carboxylic acids is 2. The van der Waals surface area contributed by atoms with Crippen LogP contribution in [0.1, 0.15) is 34.1 Å². The first-order valence-corrected chi connectivity index (χ1v) is 31.5. The molecule has 24 heteroatoms. The number of hydrogen-bond acceptors (Lipinski definition) is 12. The molecular weight excluding hydrogens is 1280 g/mol. The molecule has 6 radical (unpaired) electrons. The molecular formula is C68H52B4ClF4NaO10S4. The summed E-state index contributed by atoms with van der Waals surface area (Å²) in [4.78, 5) is 31.2. The molecule has 0 aromatic heterocycles. The van der Waals surface area contributed by atoms with E-state index in [-0.39, 0.29) is 88.8 Å². The molecule has 2 aliphatic rings. The van der Waals surface area contributed by atoms with E-state index >= 15 is 0 Å². The van der Waals surface area contributed by atoms with Gasteiger partial charge in [0.1, 0.15) is 37.3 Å². The van der Waals surface area contributed by atoms with E-state index in [1.807, 2.05) is 97.1 Å². The summed E-state index contributed by atoms with van der Waals surface area (Å²) >= 11 is -1.40. The van der Waals surface area contributed by atoms with Crippen molar-refractivity contribution in [2.24, 2.45) is 0 Å². The molecule has 456 valence electrons. The van der Waals surface area contributed by atoms with Crippen LogP contribution in [0.5, 0.6) is 0 Å². The fourth-order valence-corrected chi connectivity index (χ4v) is 14.4. The molecule has 10 nitrogen and oxygen atoms in total. The number of alkyl halides is 4. The minimum absolute atomic E-state index is 0. The zero-order valence-corrected chi connectivity index (χ0v) is 55.1. The van der Waals surface area contributed by atoms with Crippen molar-refractivity contribution >= 4 is 87.4 Å². The molecule has 0 unspecified atom stereocenters. The molecule has 0 fully saturated rings. The van der Waals surface area contributed by atoms with Gasteiger partial charge in [-0.1, -0.05) is 206 Å². The zero-order valence-electron chi connectivity index (χ0n) is 49.0. The predicted octanol–water partition coefficient (Wildman–Crippen LogP) is 7.66. The summed E-state index contributed by atoms with van der Waals surface area (Å²) < 4.78 is 70.2. The van der Waals surface area contributed by atoms with Crippen LogP contribution >= 0.6 is 24.1 Å². The molecule has 10 aromatic carbocycles. The molecule has 0 N–H and O–H groups in total. The summed E-state index contributed by atoms with van der Waals surface area (Å²) in [6, 6.07) is 94.4. The quantitative estimate of drug-likeness (QED) is 0.0159. The first-order chi connectivity index (χ1) is 43.7. The van der Waals surface area contributed by atoms with Gasteiger partial charge in [-0.15, -0.1) is 0 Å². The zero-order chi connectivity index (χ0) is 63.7. The van der Waals surface area contributed by atoms with Gasteiger partial charge in [0, 0.05) is 41.4 Å². The number of rotatable bonds is 18. The molecule has 0 amide bonds. The Balaban J connectivity index is 0.000000190. The van der Waals surface area contributed by atoms with E-state index in [0.29, 0.717) is 0 Å². The van der Waals surface area contributed by atoms with Crippen LogP contribution in [0, 0.1) is 0 Å². The largest absolute Gasteiger partial charge is 1.00 e. The fourth-order valence-electron chi connectivity index (χ4n) is 9.70. The Kier molecular flexibility index (Phi) is 30.9. The molecule has 0 heterocycles. The van der Waals surface area contributed by atoms with Crippen molar-refractivity contribution in [1.82, 2.24) is 0 Å². The Morgan fingerprint density at radius 3 is 0.761 bits per heavy atom. The third-order valence-corrected chi connectivity index (χ3v) is 18.8. The average Bonchev–Trinajstić information content (AvgIpc) is 1.62. The van der Waals surface area contributed by atoms with Crippen LogP contribution in [0.4, 0.5) is 17.6 Å². The first kappa shape index (κ1) is 74.6. The summed E-state index contributed by atoms with van der Waals surface area (Å²) in [6.45, 7) is -0.498. The van der Waals surface area contributed by atoms with E-state index < -0.39 is 52.9 Å². The Hall–Kier alpha value is -6.43. The fraction of sp³-hybridized carbons (Fsp3) is 0.0882. The Morgan fingerprint density at radius 1 is 0.380 bits per heavy atom. The predicted molar refractivity (Wildman–Crippen MR) is 345 cm³/mol. The SMILES string of the molecule is O=C(OCC1c2ccccc2-c2ccccc21)C(F)(F)SOO[O-].O=C(OCC1c2ccccc2-c2ccccc21)C(F)(F)SOO[O-].[B]B([B])[B].[Cl-].[Na+].c1ccc([S+](c2ccccc2)c2ccccc2)cc1.c1ccc([S+](c2ccccc2)c2ccccc2)cc1. The van der Waals surface area contributed by atoms with Crippen LogP contribution in [-0.2, 0) is 59.6 Å². The van der Waals surface area contributed by atoms with Crippen molar-refractivity contribution < 1.29 is 108 Å². The number of halogens is 5. The second-order valence-corrected chi connectivity index (χ2v) is 24.9. The van der Waals surface area contributed by atoms with Gasteiger partial charge in [0.25, 0.3) is 0 Å². The van der Waals surface area contributed by atoms with E-state index in [1.165, 1.54) is 29.4 Å². The average molecular weight is 1340 g/mol. The normalized spacial score (nSPS) is 11.7. The number of fused-ring (bicyclic) bond motifs is 6. The minimum atomic E-state index is -4.04. The van der Waals surface area contributed by atoms with Crippen LogP contribution in [0.2, 0.25) is 0 Å². The monoisotopic (exact) mass is 1330 g/mol. The van der Waals surface area contributed by atoms with Crippen LogP contribution in [0.3, 0.4) is 0 Å². The molecule has 2 aliphatic carbocycles. The molecule has 0 bridgehead atoms. The maximum absolute atomic E-state index is 13.4. The van der Waals surface area contributed by atoms with Crippen LogP contribution in [0.15, 0.2) is 308 Å². The molecule has 0 saturated carbocycles. The van der Waals surface area contributed by atoms with Gasteiger partial charge in [-0.05, 0) is 117 Å². The molecule has 10 aromatic rings. The molecule has 92 heavy (non-hydrogen) atoms. The van der Waals surface area contributed by atoms with Crippen LogP contribution in [-0.4, -0.2) is 65.3 Å². The summed E-state index contributed by atoms with van der Waals surface area (Å²) in [7, 11) is 14.0. The van der Waals surface area contributed by atoms with Crippen molar-refractivity contribution in [3.05, 3.63) is 301 Å². The van der Waals surface area contributed by atoms with Crippen LogP contribution < -0.4 is 52.5 Å². The minimum Gasteiger partial charge on any atom is -1.00 e. The van der Waals surface area contributed by atoms with Crippen molar-refractivity contribution in [1.29, 1.82) is 0 Å². The second-order valence-electron chi connectivity index (χ2n) is 19.2. The number of ether oxygens (including phenoxy) is 2. The van der Waals surface area contributed by atoms with Gasteiger partial charge in [0.2, 0.25) is 0 Å². The standard InChI is InChI=1S/2C18H15S.2C16H12F2O5S.B4.ClH.Na/c2*1-4-10-16(11-5-1)19(17-12-6-2-7-13-17)18-14-8-3-9-15-18;2*17-16(18,24-23-22-20)15(19)21-9-14-12-7-3-1-5-10(12)11-6-2-4-8-13(11)14;1-4(2)3;;/h2*1-15H;2*1-8,14,20H,9H2;;1H;/q2*+1;;;;;+1/p-3. The van der Waals surface area contributed by atoms with E-state index in [0.717, 1.165) is 44.5 Å².